The number of nitrogens with zero attached hydrogens (tertiary/aromatic N) is 4. The third-order valence-corrected chi connectivity index (χ3v) is 14.8. The number of fused-ring (bicyclic) bond motifs is 2. The van der Waals surface area contributed by atoms with Crippen LogP contribution in [0.1, 0.15) is 103 Å². The van der Waals surface area contributed by atoms with Gasteiger partial charge >= 0.3 is 6.09 Å². The molecule has 1 amide bonds. The molecule has 1 aromatic heterocycles. The van der Waals surface area contributed by atoms with Gasteiger partial charge in [-0.1, -0.05) is 142 Å². The van der Waals surface area contributed by atoms with E-state index in [2.05, 4.69) is 147 Å². The Morgan fingerprint density at radius 3 is 2.01 bits per heavy atom. The minimum atomic E-state index is -0.933. The fraction of sp³-hybridized carbons (Fsp3) is 0.310. The number of pyridine rings is 1. The normalized spacial score (nSPS) is 16.8. The number of aryl methyl sites for hydroxylation is 1. The Labute approximate surface area is 403 Å². The van der Waals surface area contributed by atoms with Crippen LogP contribution in [-0.2, 0) is 17.5 Å². The highest BCUT2D eigenvalue weighted by molar-refractivity contribution is 7.99. The topological polar surface area (TPSA) is 78.4 Å². The lowest BCUT2D eigenvalue weighted by Gasteiger charge is -2.50. The van der Waals surface area contributed by atoms with Crippen LogP contribution in [0.5, 0.6) is 11.5 Å². The summed E-state index contributed by atoms with van der Waals surface area (Å²) in [7, 11) is 0. The van der Waals surface area contributed by atoms with Gasteiger partial charge in [-0.15, -0.1) is 11.8 Å². The number of ether oxygens (including phenoxy) is 2. The molecule has 2 atom stereocenters. The van der Waals surface area contributed by atoms with Gasteiger partial charge in [-0.2, -0.15) is 5.01 Å². The second kappa shape index (κ2) is 18.6. The molecule has 0 radical (unpaired) electrons. The van der Waals surface area contributed by atoms with Crippen LogP contribution in [0.2, 0.25) is 0 Å². The maximum atomic E-state index is 16.2. The number of likely N-dealkylation sites (tertiary alicyclic amines) is 1. The van der Waals surface area contributed by atoms with Crippen LogP contribution in [0.15, 0.2) is 151 Å². The first kappa shape index (κ1) is 45.4. The summed E-state index contributed by atoms with van der Waals surface area (Å²) >= 11 is 1.64. The lowest BCUT2D eigenvalue weighted by Crippen LogP contribution is -2.56. The number of hydrogen-bond acceptors (Lipinski definition) is 7. The predicted molar refractivity (Wildman–Crippen MR) is 270 cm³/mol. The van der Waals surface area contributed by atoms with E-state index in [9.17, 15) is 9.90 Å². The van der Waals surface area contributed by atoms with Gasteiger partial charge in [0.15, 0.2) is 5.75 Å². The Morgan fingerprint density at radius 1 is 0.853 bits per heavy atom. The largest absolute Gasteiger partial charge is 0.488 e. The second-order valence-electron chi connectivity index (χ2n) is 19.2. The van der Waals surface area contributed by atoms with Gasteiger partial charge in [0.05, 0.1) is 12.2 Å². The van der Waals surface area contributed by atoms with E-state index in [0.717, 1.165) is 68.1 Å². The number of anilines is 1. The second-order valence-corrected chi connectivity index (χ2v) is 20.5. The first-order valence-corrected chi connectivity index (χ1v) is 25.0. The van der Waals surface area contributed by atoms with Crippen LogP contribution >= 0.6 is 11.8 Å². The number of hydrogen-bond donors (Lipinski definition) is 1. The average molecular weight is 927 g/mol. The first-order valence-electron chi connectivity index (χ1n) is 24.0. The minimum absolute atomic E-state index is 0.241. The molecule has 6 aromatic carbocycles. The van der Waals surface area contributed by atoms with Crippen LogP contribution < -0.4 is 14.5 Å². The highest BCUT2D eigenvalue weighted by Gasteiger charge is 2.50. The van der Waals surface area contributed by atoms with E-state index in [-0.39, 0.29) is 23.9 Å². The number of benzene rings is 6. The Morgan fingerprint density at radius 2 is 1.46 bits per heavy atom. The summed E-state index contributed by atoms with van der Waals surface area (Å²) in [6, 6.07) is 50.5. The van der Waals surface area contributed by atoms with E-state index in [0.29, 0.717) is 55.2 Å². The molecular weight excluding hydrogens is 868 g/mol. The maximum Gasteiger partial charge on any atom is 0.407 e. The number of amides is 1. The molecule has 8 nitrogen and oxygen atoms in total. The van der Waals surface area contributed by atoms with E-state index in [4.69, 9.17) is 14.5 Å². The van der Waals surface area contributed by atoms with Crippen molar-refractivity contribution in [3.63, 3.8) is 0 Å². The summed E-state index contributed by atoms with van der Waals surface area (Å²) in [5, 5.41) is 16.3. The molecule has 0 bridgehead atoms. The predicted octanol–water partition coefficient (Wildman–Crippen LogP) is 13.4. The molecule has 2 aliphatic heterocycles. The molecule has 10 rings (SSSR count). The third-order valence-electron chi connectivity index (χ3n) is 14.0. The molecule has 1 saturated carbocycles. The van der Waals surface area contributed by atoms with E-state index < -0.39 is 17.0 Å². The van der Waals surface area contributed by atoms with Gasteiger partial charge in [-0.25, -0.2) is 14.2 Å². The smallest absolute Gasteiger partial charge is 0.407 e. The zero-order valence-electron chi connectivity index (χ0n) is 39.5. The Kier molecular flexibility index (Phi) is 12.4. The summed E-state index contributed by atoms with van der Waals surface area (Å²) in [6.07, 6.45) is 1.11. The molecule has 68 heavy (non-hydrogen) atoms. The molecule has 10 heteroatoms. The van der Waals surface area contributed by atoms with Crippen LogP contribution in [0.25, 0.3) is 10.9 Å². The Balaban J connectivity index is 1.20. The molecule has 0 unspecified atom stereocenters. The fourth-order valence-electron chi connectivity index (χ4n) is 10.7. The van der Waals surface area contributed by atoms with E-state index in [1.54, 1.807) is 17.8 Å². The van der Waals surface area contributed by atoms with Crippen molar-refractivity contribution in [1.29, 1.82) is 0 Å². The lowest BCUT2D eigenvalue weighted by atomic mass is 9.76. The average Bonchev–Trinajstić information content (AvgIpc) is 4.01. The summed E-state index contributed by atoms with van der Waals surface area (Å²) in [5.41, 5.74) is 8.37. The van der Waals surface area contributed by atoms with Crippen LogP contribution in [-0.4, -0.2) is 57.6 Å². The monoisotopic (exact) mass is 926 g/mol. The molecule has 1 N–H and O–H groups in total. The van der Waals surface area contributed by atoms with Crippen molar-refractivity contribution in [2.24, 2.45) is 0 Å². The van der Waals surface area contributed by atoms with Crippen molar-refractivity contribution < 1.29 is 23.8 Å². The van der Waals surface area contributed by atoms with Crippen molar-refractivity contribution in [1.82, 2.24) is 14.9 Å². The van der Waals surface area contributed by atoms with Gasteiger partial charge in [0.1, 0.15) is 39.9 Å². The SMILES string of the molecule is CCSc1cc(O[C@H]2CCN(C(=O)O)C2)c2cc(C3CC3)c(C(C)(C)CN3c4cc(F)c(C)cc4CN3C(c3ccccc3)(c3ccccc3)c3ccccc3)c(O[C@@H](C)c3ccccc3)c2n1. The highest BCUT2D eigenvalue weighted by Crippen LogP contribution is 2.55. The van der Waals surface area contributed by atoms with Crippen molar-refractivity contribution in [2.45, 2.75) is 94.5 Å². The number of carbonyl (C=O) groups is 1. The number of halogens is 1. The number of rotatable bonds is 15. The number of carboxylic acid groups (broad SMARTS) is 1. The Bertz CT molecular complexity index is 2840. The lowest BCUT2D eigenvalue weighted by molar-refractivity contribution is 0.135. The molecule has 3 aliphatic rings. The zero-order valence-corrected chi connectivity index (χ0v) is 40.3. The molecule has 2 fully saturated rings. The number of hydrazine groups is 1. The summed E-state index contributed by atoms with van der Waals surface area (Å²) in [4.78, 5) is 18.9. The summed E-state index contributed by atoms with van der Waals surface area (Å²) in [5.74, 6) is 2.25. The van der Waals surface area contributed by atoms with E-state index >= 15 is 4.39 Å². The summed E-state index contributed by atoms with van der Waals surface area (Å²) in [6.45, 7) is 12.4. The highest BCUT2D eigenvalue weighted by atomic mass is 32.2. The van der Waals surface area contributed by atoms with Gasteiger partial charge < -0.3 is 24.5 Å². The maximum absolute atomic E-state index is 16.2. The van der Waals surface area contributed by atoms with Crippen LogP contribution in [0.3, 0.4) is 0 Å². The standard InChI is InChI=1S/C58H59FN4O4S/c1-6-68-52-34-51(67-46-29-30-61(36-46)56(64)65)48-32-47(41-27-28-41)53(55(54(48)60-52)66-39(3)40-19-11-7-12-20-40)57(4,5)37-62-50-33-49(59)38(2)31-42(50)35-63(62)58(43-21-13-8-14-22-43,44-23-15-9-16-24-44)45-25-17-10-18-26-45/h7-26,31-34,39,41,46H,6,27-30,35-37H2,1-5H3,(H,64,65)/t39-,46-/m0/s1. The van der Waals surface area contributed by atoms with E-state index in [1.807, 2.05) is 37.3 Å². The Hall–Kier alpha value is -6.36. The number of aromatic nitrogens is 1. The molecule has 0 spiro atoms. The van der Waals surface area contributed by atoms with Gasteiger partial charge in [0, 0.05) is 48.5 Å². The molecule has 7 aromatic rings. The van der Waals surface area contributed by atoms with Gasteiger partial charge in [0.2, 0.25) is 0 Å². The van der Waals surface area contributed by atoms with Crippen LogP contribution in [0.4, 0.5) is 14.9 Å². The fourth-order valence-corrected chi connectivity index (χ4v) is 11.3. The van der Waals surface area contributed by atoms with Gasteiger partial charge in [-0.05, 0) is 95.5 Å². The molecule has 348 valence electrons. The van der Waals surface area contributed by atoms with Crippen molar-refractivity contribution in [3.8, 4) is 11.5 Å². The zero-order chi connectivity index (χ0) is 47.2. The first-order chi connectivity index (χ1) is 33.0. The van der Waals surface area contributed by atoms with Crippen molar-refractivity contribution in [2.75, 3.05) is 30.4 Å². The third kappa shape index (κ3) is 8.47. The minimum Gasteiger partial charge on any atom is -0.488 e. The molecule has 1 aliphatic carbocycles. The van der Waals surface area contributed by atoms with Gasteiger partial charge in [-0.3, -0.25) is 0 Å². The van der Waals surface area contributed by atoms with Gasteiger partial charge in [0.25, 0.3) is 0 Å². The van der Waals surface area contributed by atoms with Crippen molar-refractivity contribution in [3.05, 3.63) is 196 Å². The van der Waals surface area contributed by atoms with Crippen LogP contribution in [0, 0.1) is 12.7 Å². The number of thioether (sulfide) groups is 1. The molecular formula is C58H59FN4O4S. The van der Waals surface area contributed by atoms with Crippen molar-refractivity contribution >= 4 is 34.4 Å². The quantitative estimate of drug-likeness (QED) is 0.0805. The summed E-state index contributed by atoms with van der Waals surface area (Å²) < 4.78 is 30.5. The molecule has 3 heterocycles. The van der Waals surface area contributed by atoms with E-state index in [1.165, 1.54) is 10.5 Å². The molecule has 1 saturated heterocycles.